The van der Waals surface area contributed by atoms with E-state index in [-0.39, 0.29) is 18.0 Å². The van der Waals surface area contributed by atoms with Gasteiger partial charge in [0.1, 0.15) is 0 Å². The number of nitrogens with zero attached hydrogens (tertiary/aromatic N) is 4. The van der Waals surface area contributed by atoms with Crippen LogP contribution in [0.4, 0.5) is 10.5 Å². The van der Waals surface area contributed by atoms with Gasteiger partial charge in [-0.25, -0.2) is 4.79 Å². The largest absolute Gasteiger partial charge is 0.343 e. The van der Waals surface area contributed by atoms with Gasteiger partial charge in [0.2, 0.25) is 5.91 Å². The van der Waals surface area contributed by atoms with Crippen molar-refractivity contribution in [3.05, 3.63) is 24.4 Å². The smallest absolute Gasteiger partial charge is 0.322 e. The average Bonchev–Trinajstić information content (AvgIpc) is 3.25. The van der Waals surface area contributed by atoms with Crippen LogP contribution in [0, 0.1) is 0 Å². The third-order valence-corrected chi connectivity index (χ3v) is 5.79. The molecule has 0 spiro atoms. The van der Waals surface area contributed by atoms with Crippen molar-refractivity contribution in [1.29, 1.82) is 0 Å². The lowest BCUT2D eigenvalue weighted by Crippen LogP contribution is -2.47. The third-order valence-electron chi connectivity index (χ3n) is 5.79. The van der Waals surface area contributed by atoms with Gasteiger partial charge in [-0.2, -0.15) is 5.10 Å². The number of anilines is 1. The SMILES string of the molecule is Cn1ncc2cc(NC(=O)N3CCCC[C@H]3CCN3CCCC3=O)ccc21. The van der Waals surface area contributed by atoms with E-state index in [9.17, 15) is 9.59 Å². The summed E-state index contributed by atoms with van der Waals surface area (Å²) in [6, 6.07) is 6.01. The first-order valence-corrected chi connectivity index (χ1v) is 9.89. The van der Waals surface area contributed by atoms with E-state index in [2.05, 4.69) is 10.4 Å². The van der Waals surface area contributed by atoms with E-state index in [1.165, 1.54) is 0 Å². The summed E-state index contributed by atoms with van der Waals surface area (Å²) in [5.41, 5.74) is 1.83. The number of hydrogen-bond donors (Lipinski definition) is 1. The average molecular weight is 369 g/mol. The van der Waals surface area contributed by atoms with Crippen molar-refractivity contribution in [1.82, 2.24) is 19.6 Å². The highest BCUT2D eigenvalue weighted by Crippen LogP contribution is 2.24. The lowest BCUT2D eigenvalue weighted by Gasteiger charge is -2.36. The molecule has 0 aliphatic carbocycles. The van der Waals surface area contributed by atoms with E-state index < -0.39 is 0 Å². The second-order valence-electron chi connectivity index (χ2n) is 7.59. The normalized spacial score (nSPS) is 20.5. The van der Waals surface area contributed by atoms with Gasteiger partial charge in [0.15, 0.2) is 0 Å². The number of amides is 3. The minimum absolute atomic E-state index is 0.0457. The molecule has 2 saturated heterocycles. The van der Waals surface area contributed by atoms with Crippen LogP contribution in [0.15, 0.2) is 24.4 Å². The zero-order valence-electron chi connectivity index (χ0n) is 15.9. The van der Waals surface area contributed by atoms with Crippen molar-refractivity contribution in [3.63, 3.8) is 0 Å². The standard InChI is InChI=1S/C20H27N5O2/c1-23-18-8-7-16(13-15(18)14-21-23)22-20(27)25-11-3-2-5-17(25)9-12-24-10-4-6-19(24)26/h7-8,13-14,17H,2-6,9-12H2,1H3,(H,22,27)/t17-/m0/s1. The Morgan fingerprint density at radius 2 is 2.15 bits per heavy atom. The zero-order chi connectivity index (χ0) is 18.8. The molecule has 3 amide bonds. The Bertz CT molecular complexity index is 846. The van der Waals surface area contributed by atoms with Crippen LogP contribution in [-0.2, 0) is 11.8 Å². The van der Waals surface area contributed by atoms with Crippen molar-refractivity contribution in [2.45, 2.75) is 44.6 Å². The summed E-state index contributed by atoms with van der Waals surface area (Å²) in [6.45, 7) is 2.40. The van der Waals surface area contributed by atoms with Crippen LogP contribution >= 0.6 is 0 Å². The van der Waals surface area contributed by atoms with Crippen molar-refractivity contribution in [2.75, 3.05) is 25.0 Å². The second-order valence-corrected chi connectivity index (χ2v) is 7.59. The second kappa shape index (κ2) is 7.58. The van der Waals surface area contributed by atoms with E-state index in [4.69, 9.17) is 0 Å². The quantitative estimate of drug-likeness (QED) is 0.901. The van der Waals surface area contributed by atoms with E-state index in [1.54, 1.807) is 0 Å². The molecule has 0 radical (unpaired) electrons. The third kappa shape index (κ3) is 3.77. The summed E-state index contributed by atoms with van der Waals surface area (Å²) in [4.78, 5) is 28.6. The number of aryl methyl sites for hydroxylation is 1. The lowest BCUT2D eigenvalue weighted by atomic mass is 9.99. The molecule has 27 heavy (non-hydrogen) atoms. The summed E-state index contributed by atoms with van der Waals surface area (Å²) in [5, 5.41) is 8.31. The number of piperidine rings is 1. The molecular formula is C20H27N5O2. The maximum atomic E-state index is 12.9. The monoisotopic (exact) mass is 369 g/mol. The van der Waals surface area contributed by atoms with Crippen molar-refractivity contribution in [3.8, 4) is 0 Å². The fourth-order valence-corrected chi connectivity index (χ4v) is 4.25. The number of nitrogens with one attached hydrogen (secondary N) is 1. The summed E-state index contributed by atoms with van der Waals surface area (Å²) in [5.74, 6) is 0.256. The van der Waals surface area contributed by atoms with E-state index in [0.29, 0.717) is 6.42 Å². The minimum atomic E-state index is -0.0457. The molecule has 3 heterocycles. The van der Waals surface area contributed by atoms with Crippen molar-refractivity contribution >= 4 is 28.5 Å². The molecule has 7 heteroatoms. The number of likely N-dealkylation sites (tertiary alicyclic amines) is 2. The van der Waals surface area contributed by atoms with Gasteiger partial charge in [-0.1, -0.05) is 0 Å². The highest BCUT2D eigenvalue weighted by atomic mass is 16.2. The number of carbonyl (C=O) groups excluding carboxylic acids is 2. The number of carbonyl (C=O) groups is 2. The number of urea groups is 1. The van der Waals surface area contributed by atoms with Crippen LogP contribution in [0.5, 0.6) is 0 Å². The molecular weight excluding hydrogens is 342 g/mol. The van der Waals surface area contributed by atoms with Crippen LogP contribution in [0.3, 0.4) is 0 Å². The maximum Gasteiger partial charge on any atom is 0.322 e. The van der Waals surface area contributed by atoms with E-state index in [0.717, 1.165) is 68.3 Å². The van der Waals surface area contributed by atoms with Crippen LogP contribution in [-0.4, -0.2) is 57.2 Å². The topological polar surface area (TPSA) is 70.5 Å². The molecule has 2 fully saturated rings. The predicted octanol–water partition coefficient (Wildman–Crippen LogP) is 2.97. The van der Waals surface area contributed by atoms with Crippen molar-refractivity contribution in [2.24, 2.45) is 7.05 Å². The summed E-state index contributed by atoms with van der Waals surface area (Å²) in [6.07, 6.45) is 7.49. The fraction of sp³-hybridized carbons (Fsp3) is 0.550. The number of benzene rings is 1. The molecule has 4 rings (SSSR count). The maximum absolute atomic E-state index is 12.9. The molecule has 2 aliphatic heterocycles. The molecule has 2 aliphatic rings. The first-order valence-electron chi connectivity index (χ1n) is 9.89. The van der Waals surface area contributed by atoms with Crippen LogP contribution in [0.1, 0.15) is 38.5 Å². The molecule has 1 N–H and O–H groups in total. The Morgan fingerprint density at radius 1 is 1.26 bits per heavy atom. The summed E-state index contributed by atoms with van der Waals surface area (Å²) in [7, 11) is 1.91. The number of rotatable bonds is 4. The van der Waals surface area contributed by atoms with Crippen LogP contribution < -0.4 is 5.32 Å². The molecule has 1 aromatic carbocycles. The van der Waals surface area contributed by atoms with Gasteiger partial charge in [0, 0.05) is 50.2 Å². The fourth-order valence-electron chi connectivity index (χ4n) is 4.25. The van der Waals surface area contributed by atoms with E-state index >= 15 is 0 Å². The molecule has 0 bridgehead atoms. The van der Waals surface area contributed by atoms with Gasteiger partial charge in [0.05, 0.1) is 11.7 Å². The Labute approximate surface area is 159 Å². The zero-order valence-corrected chi connectivity index (χ0v) is 15.9. The number of aromatic nitrogens is 2. The Hall–Kier alpha value is -2.57. The first kappa shape index (κ1) is 17.8. The summed E-state index contributed by atoms with van der Waals surface area (Å²) >= 11 is 0. The summed E-state index contributed by atoms with van der Waals surface area (Å²) < 4.78 is 1.82. The molecule has 1 atom stereocenters. The highest BCUT2D eigenvalue weighted by Gasteiger charge is 2.28. The molecule has 144 valence electrons. The van der Waals surface area contributed by atoms with Crippen LogP contribution in [0.25, 0.3) is 10.9 Å². The van der Waals surface area contributed by atoms with Gasteiger partial charge in [-0.05, 0) is 50.3 Å². The van der Waals surface area contributed by atoms with Crippen molar-refractivity contribution < 1.29 is 9.59 Å². The number of hydrogen-bond acceptors (Lipinski definition) is 3. The first-order chi connectivity index (χ1) is 13.1. The molecule has 1 aromatic heterocycles. The van der Waals surface area contributed by atoms with Gasteiger partial charge in [-0.15, -0.1) is 0 Å². The molecule has 0 saturated carbocycles. The molecule has 7 nitrogen and oxygen atoms in total. The Kier molecular flexibility index (Phi) is 5.01. The van der Waals surface area contributed by atoms with Gasteiger partial charge in [-0.3, -0.25) is 9.48 Å². The van der Waals surface area contributed by atoms with Crippen LogP contribution in [0.2, 0.25) is 0 Å². The lowest BCUT2D eigenvalue weighted by molar-refractivity contribution is -0.127. The molecule has 0 unspecified atom stereocenters. The van der Waals surface area contributed by atoms with Gasteiger partial charge >= 0.3 is 6.03 Å². The highest BCUT2D eigenvalue weighted by molar-refractivity contribution is 5.92. The van der Waals surface area contributed by atoms with Gasteiger partial charge < -0.3 is 15.1 Å². The predicted molar refractivity (Wildman–Crippen MR) is 105 cm³/mol. The Balaban J connectivity index is 1.40. The van der Waals surface area contributed by atoms with Gasteiger partial charge in [0.25, 0.3) is 0 Å². The number of fused-ring (bicyclic) bond motifs is 1. The minimum Gasteiger partial charge on any atom is -0.343 e. The Morgan fingerprint density at radius 3 is 2.96 bits per heavy atom. The molecule has 2 aromatic rings. The van der Waals surface area contributed by atoms with E-state index in [1.807, 2.05) is 45.9 Å².